The second-order valence-corrected chi connectivity index (χ2v) is 17.0. The maximum absolute atomic E-state index is 13.4. The number of carbonyl (C=O) groups excluding carboxylic acids is 1. The summed E-state index contributed by atoms with van der Waals surface area (Å²) in [5.74, 6) is -0.449. The summed E-state index contributed by atoms with van der Waals surface area (Å²) in [7, 11) is -0.533. The third kappa shape index (κ3) is 10.5. The first-order valence-electron chi connectivity index (χ1n) is 18.1. The van der Waals surface area contributed by atoms with E-state index in [2.05, 4.69) is 32.7 Å². The van der Waals surface area contributed by atoms with Crippen molar-refractivity contribution < 1.29 is 18.1 Å². The lowest BCUT2D eigenvalue weighted by Gasteiger charge is -2.36. The van der Waals surface area contributed by atoms with Crippen LogP contribution >= 0.6 is 23.4 Å². The van der Waals surface area contributed by atoms with Crippen LogP contribution in [0.5, 0.6) is 0 Å². The van der Waals surface area contributed by atoms with Crippen molar-refractivity contribution in [1.29, 1.82) is 0 Å². The number of thioether (sulfide) groups is 1. The predicted molar refractivity (Wildman–Crippen MR) is 222 cm³/mol. The second kappa shape index (κ2) is 18.3. The van der Waals surface area contributed by atoms with Crippen molar-refractivity contribution in [2.45, 2.75) is 28.7 Å². The van der Waals surface area contributed by atoms with E-state index < -0.39 is 20.9 Å². The average molecular weight is 798 g/mol. The highest BCUT2D eigenvalue weighted by Gasteiger charge is 2.28. The number of carbonyl (C=O) groups is 1. The van der Waals surface area contributed by atoms with E-state index in [9.17, 15) is 23.3 Å². The Labute approximate surface area is 332 Å². The summed E-state index contributed by atoms with van der Waals surface area (Å²) in [6.07, 6.45) is 0.641. The largest absolute Gasteiger partial charge is 0.369 e. The van der Waals surface area contributed by atoms with Crippen LogP contribution in [0.4, 0.5) is 11.4 Å². The zero-order valence-corrected chi connectivity index (χ0v) is 33.2. The number of hydrogen-bond acceptors (Lipinski definition) is 9. The van der Waals surface area contributed by atoms with Crippen molar-refractivity contribution in [3.8, 4) is 11.1 Å². The SMILES string of the molecule is CN(C)CC[C@@H](CSc1ccccc1)c1ccc(S(=O)(=O)NC(=O)c2ccc(N3CCN(Cc4ccccc4-c4ccc(Cl)cc4)CC3)cc2)cc1[N+](=O)[O-]. The fourth-order valence-corrected chi connectivity index (χ4v) is 8.90. The van der Waals surface area contributed by atoms with Gasteiger partial charge in [0.05, 0.1) is 9.82 Å². The van der Waals surface area contributed by atoms with Crippen LogP contribution in [0.2, 0.25) is 5.02 Å². The minimum absolute atomic E-state index is 0.164. The highest BCUT2D eigenvalue weighted by atomic mass is 35.5. The first-order valence-corrected chi connectivity index (χ1v) is 20.9. The molecule has 0 bridgehead atoms. The van der Waals surface area contributed by atoms with Crippen LogP contribution in [0.25, 0.3) is 11.1 Å². The summed E-state index contributed by atoms with van der Waals surface area (Å²) in [5, 5.41) is 13.0. The molecule has 1 fully saturated rings. The van der Waals surface area contributed by atoms with E-state index in [1.807, 2.05) is 91.8 Å². The van der Waals surface area contributed by atoms with E-state index in [0.29, 0.717) is 29.3 Å². The quantitative estimate of drug-likeness (QED) is 0.0636. The van der Waals surface area contributed by atoms with Crippen molar-refractivity contribution in [3.63, 3.8) is 0 Å². The fourth-order valence-electron chi connectivity index (χ4n) is 6.69. The van der Waals surface area contributed by atoms with E-state index >= 15 is 0 Å². The summed E-state index contributed by atoms with van der Waals surface area (Å²) in [6.45, 7) is 4.79. The number of nitro benzene ring substituents is 1. The van der Waals surface area contributed by atoms with Gasteiger partial charge in [0.2, 0.25) is 0 Å². The first kappa shape index (κ1) is 40.0. The van der Waals surface area contributed by atoms with Crippen LogP contribution in [0.15, 0.2) is 131 Å². The van der Waals surface area contributed by atoms with Crippen LogP contribution in [-0.2, 0) is 16.6 Å². The van der Waals surface area contributed by atoms with Crippen molar-refractivity contribution in [2.24, 2.45) is 0 Å². The molecule has 1 heterocycles. The molecule has 1 N–H and O–H groups in total. The Kier molecular flexibility index (Phi) is 13.3. The van der Waals surface area contributed by atoms with Crippen LogP contribution in [0, 0.1) is 10.1 Å². The normalized spacial score (nSPS) is 14.1. The number of nitrogens with one attached hydrogen (secondary N) is 1. The monoisotopic (exact) mass is 797 g/mol. The number of nitro groups is 1. The van der Waals surface area contributed by atoms with Gasteiger partial charge >= 0.3 is 0 Å². The average Bonchev–Trinajstić information content (AvgIpc) is 3.19. The third-order valence-electron chi connectivity index (χ3n) is 9.73. The Bertz CT molecular complexity index is 2200. The second-order valence-electron chi connectivity index (χ2n) is 13.8. The van der Waals surface area contributed by atoms with Gasteiger partial charge in [0.25, 0.3) is 21.6 Å². The molecule has 55 heavy (non-hydrogen) atoms. The molecular weight excluding hydrogens is 754 g/mol. The van der Waals surface area contributed by atoms with Crippen molar-refractivity contribution >= 4 is 50.7 Å². The molecule has 1 saturated heterocycles. The molecular formula is C42H44ClN5O5S2. The van der Waals surface area contributed by atoms with Crippen LogP contribution < -0.4 is 9.62 Å². The molecule has 1 aliphatic rings. The fraction of sp³-hybridized carbons (Fsp3) is 0.262. The van der Waals surface area contributed by atoms with Gasteiger partial charge in [-0.3, -0.25) is 19.8 Å². The maximum atomic E-state index is 13.4. The Balaban J connectivity index is 1.08. The predicted octanol–water partition coefficient (Wildman–Crippen LogP) is 8.18. The number of nitrogens with zero attached hydrogens (tertiary/aromatic N) is 4. The number of sulfonamides is 1. The molecule has 0 spiro atoms. The zero-order valence-electron chi connectivity index (χ0n) is 30.8. The van der Waals surface area contributed by atoms with Gasteiger partial charge in [0, 0.05) is 77.2 Å². The summed E-state index contributed by atoms with van der Waals surface area (Å²) < 4.78 is 28.9. The molecule has 13 heteroatoms. The Morgan fingerprint density at radius 1 is 0.891 bits per heavy atom. The topological polar surface area (TPSA) is 116 Å². The number of halogens is 1. The molecule has 0 aromatic heterocycles. The van der Waals surface area contributed by atoms with Gasteiger partial charge < -0.3 is 9.80 Å². The van der Waals surface area contributed by atoms with Crippen LogP contribution in [0.1, 0.15) is 33.8 Å². The maximum Gasteiger partial charge on any atom is 0.274 e. The van der Waals surface area contributed by atoms with E-state index in [1.54, 1.807) is 23.9 Å². The summed E-state index contributed by atoms with van der Waals surface area (Å²) in [4.78, 5) is 32.3. The molecule has 5 aromatic rings. The minimum atomic E-state index is -4.41. The smallest absolute Gasteiger partial charge is 0.274 e. The Hall–Kier alpha value is -4.72. The van der Waals surface area contributed by atoms with Crippen molar-refractivity contribution in [2.75, 3.05) is 57.5 Å². The lowest BCUT2D eigenvalue weighted by molar-refractivity contribution is -0.385. The molecule has 1 aliphatic heterocycles. The minimum Gasteiger partial charge on any atom is -0.369 e. The van der Waals surface area contributed by atoms with E-state index in [1.165, 1.54) is 23.3 Å². The molecule has 10 nitrogen and oxygen atoms in total. The Morgan fingerprint density at radius 2 is 1.56 bits per heavy atom. The first-order chi connectivity index (χ1) is 26.5. The van der Waals surface area contributed by atoms with Gasteiger partial charge in [-0.05, 0) is 98.3 Å². The third-order valence-corrected chi connectivity index (χ3v) is 12.5. The lowest BCUT2D eigenvalue weighted by Crippen LogP contribution is -2.46. The molecule has 286 valence electrons. The van der Waals surface area contributed by atoms with Gasteiger partial charge in [-0.1, -0.05) is 72.3 Å². The number of benzene rings is 5. The number of anilines is 1. The summed E-state index contributed by atoms with van der Waals surface area (Å²) in [5.41, 5.74) is 4.83. The molecule has 0 saturated carbocycles. The van der Waals surface area contributed by atoms with Gasteiger partial charge in [0.15, 0.2) is 0 Å². The van der Waals surface area contributed by atoms with E-state index in [4.69, 9.17) is 11.6 Å². The molecule has 0 unspecified atom stereocenters. The van der Waals surface area contributed by atoms with Gasteiger partial charge in [-0.25, -0.2) is 13.1 Å². The molecule has 5 aromatic carbocycles. The molecule has 1 atom stereocenters. The van der Waals surface area contributed by atoms with Crippen molar-refractivity contribution in [3.05, 3.63) is 153 Å². The van der Waals surface area contributed by atoms with Gasteiger partial charge in [0.1, 0.15) is 0 Å². The standard InChI is InChI=1S/C42H44ClN5O5S2/c1-45(2)23-22-34(30-54-37-9-4-3-5-10-37)40-21-20-38(28-41(40)48(50)51)55(52,53)44-42(49)32-14-18-36(19-15-32)47-26-24-46(25-27-47)29-33-8-6-7-11-39(33)31-12-16-35(43)17-13-31/h3-21,28,34H,22-27,29-30H2,1-2H3,(H,44,49)/t34-/m0/s1. The van der Waals surface area contributed by atoms with Crippen molar-refractivity contribution in [1.82, 2.24) is 14.5 Å². The lowest BCUT2D eigenvalue weighted by atomic mass is 9.95. The molecule has 0 aliphatic carbocycles. The van der Waals surface area contributed by atoms with Crippen LogP contribution in [-0.4, -0.2) is 81.6 Å². The highest BCUT2D eigenvalue weighted by molar-refractivity contribution is 7.99. The number of rotatable bonds is 15. The van der Waals surface area contributed by atoms with E-state index in [-0.39, 0.29) is 22.1 Å². The highest BCUT2D eigenvalue weighted by Crippen LogP contribution is 2.35. The Morgan fingerprint density at radius 3 is 2.24 bits per heavy atom. The molecule has 0 radical (unpaired) electrons. The number of piperazine rings is 1. The van der Waals surface area contributed by atoms with Gasteiger partial charge in [-0.15, -0.1) is 11.8 Å². The summed E-state index contributed by atoms with van der Waals surface area (Å²) >= 11 is 7.71. The van der Waals surface area contributed by atoms with E-state index in [0.717, 1.165) is 54.9 Å². The van der Waals surface area contributed by atoms with Gasteiger partial charge in [-0.2, -0.15) is 0 Å². The zero-order chi connectivity index (χ0) is 39.0. The number of amides is 1. The molecule has 1 amide bonds. The summed E-state index contributed by atoms with van der Waals surface area (Å²) in [6, 6.07) is 36.8. The number of hydrogen-bond donors (Lipinski definition) is 1. The van der Waals surface area contributed by atoms with Crippen LogP contribution in [0.3, 0.4) is 0 Å². The molecule has 6 rings (SSSR count).